The molecule has 1 aliphatic carbocycles. The van der Waals surface area contributed by atoms with Crippen LogP contribution in [0.3, 0.4) is 0 Å². The zero-order valence-corrected chi connectivity index (χ0v) is 21.3. The number of nitrogens with one attached hydrogen (secondary N) is 1. The van der Waals surface area contributed by atoms with Crippen LogP contribution in [0.1, 0.15) is 37.4 Å². The first-order valence-electron chi connectivity index (χ1n) is 13.2. The van der Waals surface area contributed by atoms with E-state index < -0.39 is 5.82 Å². The number of likely N-dealkylation sites (tertiary alicyclic amines) is 1. The van der Waals surface area contributed by atoms with Crippen LogP contribution in [0.4, 0.5) is 4.39 Å². The van der Waals surface area contributed by atoms with Gasteiger partial charge in [-0.3, -0.25) is 14.2 Å². The van der Waals surface area contributed by atoms with Crippen LogP contribution >= 0.6 is 0 Å². The van der Waals surface area contributed by atoms with Crippen molar-refractivity contribution in [2.24, 2.45) is 11.8 Å². The van der Waals surface area contributed by atoms with Gasteiger partial charge in [0.2, 0.25) is 5.91 Å². The fraction of sp³-hybridized carbons (Fsp3) is 0.367. The highest BCUT2D eigenvalue weighted by Gasteiger charge is 2.37. The number of nitrogens with zero attached hydrogens (tertiary/aromatic N) is 3. The van der Waals surface area contributed by atoms with Crippen molar-refractivity contribution >= 4 is 16.8 Å². The number of carbonyl (C=O) groups is 1. The Hall–Kier alpha value is -3.74. The number of halogens is 1. The van der Waals surface area contributed by atoms with E-state index in [0.717, 1.165) is 47.8 Å². The lowest BCUT2D eigenvalue weighted by atomic mass is 10.0. The van der Waals surface area contributed by atoms with Crippen LogP contribution in [0.2, 0.25) is 0 Å². The summed E-state index contributed by atoms with van der Waals surface area (Å²) in [5.41, 5.74) is 4.16. The average molecular weight is 499 g/mol. The minimum absolute atomic E-state index is 0.113. The molecule has 1 atom stereocenters. The summed E-state index contributed by atoms with van der Waals surface area (Å²) in [4.78, 5) is 36.0. The van der Waals surface area contributed by atoms with E-state index in [9.17, 15) is 9.59 Å². The smallest absolute Gasteiger partial charge is 0.257 e. The predicted octanol–water partition coefficient (Wildman–Crippen LogP) is 5.33. The van der Waals surface area contributed by atoms with Crippen molar-refractivity contribution in [1.82, 2.24) is 19.4 Å². The number of aryl methyl sites for hydroxylation is 1. The third-order valence-electron chi connectivity index (χ3n) is 7.89. The van der Waals surface area contributed by atoms with Crippen molar-refractivity contribution in [2.75, 3.05) is 13.1 Å². The Morgan fingerprint density at radius 3 is 2.65 bits per heavy atom. The van der Waals surface area contributed by atoms with E-state index in [1.165, 1.54) is 6.07 Å². The molecular weight excluding hydrogens is 467 g/mol. The number of hydrogen-bond donors (Lipinski definition) is 1. The number of carbonyl (C=O) groups excluding carboxylic acids is 1. The number of hydrogen-bond acceptors (Lipinski definition) is 3. The van der Waals surface area contributed by atoms with Gasteiger partial charge in [0.25, 0.3) is 5.56 Å². The molecule has 2 aromatic carbocycles. The molecule has 0 unspecified atom stereocenters. The Kier molecular flexibility index (Phi) is 5.94. The first-order valence-corrected chi connectivity index (χ1v) is 13.2. The lowest BCUT2D eigenvalue weighted by Gasteiger charge is -2.20. The molecule has 2 fully saturated rings. The van der Waals surface area contributed by atoms with Gasteiger partial charge in [0.05, 0.1) is 5.56 Å². The highest BCUT2D eigenvalue weighted by atomic mass is 19.1. The molecular formula is C30H31FN4O2. The quantitative estimate of drug-likeness (QED) is 0.391. The maximum atomic E-state index is 15.7. The molecule has 1 N–H and O–H groups in total. The molecule has 37 heavy (non-hydrogen) atoms. The molecule has 0 bridgehead atoms. The van der Waals surface area contributed by atoms with Crippen LogP contribution in [0.5, 0.6) is 0 Å². The summed E-state index contributed by atoms with van der Waals surface area (Å²) in [6, 6.07) is 13.1. The van der Waals surface area contributed by atoms with Gasteiger partial charge in [0, 0.05) is 48.5 Å². The molecule has 6 nitrogen and oxygen atoms in total. The van der Waals surface area contributed by atoms with E-state index in [-0.39, 0.29) is 23.3 Å². The highest BCUT2D eigenvalue weighted by molar-refractivity contribution is 5.85. The Bertz CT molecular complexity index is 1570. The van der Waals surface area contributed by atoms with Gasteiger partial charge in [0.1, 0.15) is 11.6 Å². The third-order valence-corrected chi connectivity index (χ3v) is 7.89. The largest absolute Gasteiger partial charge is 0.361 e. The minimum Gasteiger partial charge on any atom is -0.361 e. The van der Waals surface area contributed by atoms with Gasteiger partial charge < -0.3 is 9.88 Å². The molecule has 190 valence electrons. The molecule has 4 aromatic rings. The number of aromatic amines is 1. The van der Waals surface area contributed by atoms with E-state index >= 15 is 4.39 Å². The van der Waals surface area contributed by atoms with Crippen LogP contribution in [0.15, 0.2) is 53.5 Å². The lowest BCUT2D eigenvalue weighted by Crippen LogP contribution is -2.33. The van der Waals surface area contributed by atoms with Crippen molar-refractivity contribution in [3.05, 3.63) is 76.1 Å². The fourth-order valence-corrected chi connectivity index (χ4v) is 5.61. The van der Waals surface area contributed by atoms with Crippen LogP contribution in [-0.2, 0) is 17.8 Å². The first-order chi connectivity index (χ1) is 17.9. The summed E-state index contributed by atoms with van der Waals surface area (Å²) < 4.78 is 17.3. The fourth-order valence-electron chi connectivity index (χ4n) is 5.61. The van der Waals surface area contributed by atoms with Crippen LogP contribution in [0.25, 0.3) is 33.4 Å². The van der Waals surface area contributed by atoms with Gasteiger partial charge in [0.15, 0.2) is 0 Å². The topological polar surface area (TPSA) is 71.0 Å². The average Bonchev–Trinajstić information content (AvgIpc) is 3.45. The number of amides is 1. The van der Waals surface area contributed by atoms with Gasteiger partial charge in [-0.2, -0.15) is 0 Å². The number of aromatic nitrogens is 3. The summed E-state index contributed by atoms with van der Waals surface area (Å²) >= 11 is 0. The molecule has 1 aliphatic heterocycles. The van der Waals surface area contributed by atoms with Gasteiger partial charge >= 0.3 is 0 Å². The number of rotatable bonds is 6. The molecule has 7 heteroatoms. The van der Waals surface area contributed by atoms with Gasteiger partial charge in [-0.15, -0.1) is 0 Å². The molecule has 1 amide bonds. The summed E-state index contributed by atoms with van der Waals surface area (Å²) in [6.07, 6.45) is 5.26. The zero-order chi connectivity index (χ0) is 25.7. The molecule has 3 heterocycles. The zero-order valence-electron chi connectivity index (χ0n) is 21.3. The SMILES string of the molecule is CCc1c(C)nc(-c2ccc(-c3ccc4cc[nH]c4c3)cc2F)n(C[C@@H]2CCN(C(=O)C3CC3)C2)c1=O. The molecule has 0 radical (unpaired) electrons. The van der Waals surface area contributed by atoms with Crippen molar-refractivity contribution in [2.45, 2.75) is 46.1 Å². The number of fused-ring (bicyclic) bond motifs is 1. The predicted molar refractivity (Wildman–Crippen MR) is 143 cm³/mol. The number of H-pyrrole nitrogens is 1. The second-order valence-corrected chi connectivity index (χ2v) is 10.5. The van der Waals surface area contributed by atoms with Crippen LogP contribution in [0, 0.1) is 24.6 Å². The van der Waals surface area contributed by atoms with Crippen LogP contribution in [-0.4, -0.2) is 38.4 Å². The summed E-state index contributed by atoms with van der Waals surface area (Å²) in [5, 5.41) is 1.10. The molecule has 1 saturated heterocycles. The molecule has 0 spiro atoms. The molecule has 2 aromatic heterocycles. The molecule has 2 aliphatic rings. The Labute approximate surface area is 215 Å². The summed E-state index contributed by atoms with van der Waals surface area (Å²) in [5.74, 6) is 0.518. The standard InChI is InChI=1S/C30H31FN4O2/c1-3-24-18(2)33-28(35(30(24)37)17-19-11-13-34(16-19)29(36)21-5-6-21)25-9-8-22(14-26(25)31)23-7-4-20-10-12-32-27(20)15-23/h4,7-10,12,14-15,19,21,32H,3,5-6,11,13,16-17H2,1-2H3/t19-/m1/s1. The van der Waals surface area contributed by atoms with Gasteiger partial charge in [-0.1, -0.05) is 25.1 Å². The minimum atomic E-state index is -0.412. The molecule has 6 rings (SSSR count). The Morgan fingerprint density at radius 2 is 1.89 bits per heavy atom. The summed E-state index contributed by atoms with van der Waals surface area (Å²) in [7, 11) is 0. The third kappa shape index (κ3) is 4.37. The first kappa shape index (κ1) is 23.6. The van der Waals surface area contributed by atoms with Gasteiger partial charge in [-0.25, -0.2) is 9.37 Å². The van der Waals surface area contributed by atoms with E-state index in [2.05, 4.69) is 4.98 Å². The molecule has 1 saturated carbocycles. The van der Waals surface area contributed by atoms with Crippen molar-refractivity contribution in [1.29, 1.82) is 0 Å². The van der Waals surface area contributed by atoms with E-state index in [0.29, 0.717) is 42.2 Å². The lowest BCUT2D eigenvalue weighted by molar-refractivity contribution is -0.131. The van der Waals surface area contributed by atoms with E-state index in [1.54, 1.807) is 10.6 Å². The second kappa shape index (κ2) is 9.29. The van der Waals surface area contributed by atoms with Gasteiger partial charge in [-0.05, 0) is 79.3 Å². The Balaban J connectivity index is 1.35. The Morgan fingerprint density at radius 1 is 1.11 bits per heavy atom. The van der Waals surface area contributed by atoms with Crippen molar-refractivity contribution in [3.63, 3.8) is 0 Å². The van der Waals surface area contributed by atoms with E-state index in [1.807, 2.05) is 55.3 Å². The van der Waals surface area contributed by atoms with Crippen LogP contribution < -0.4 is 5.56 Å². The second-order valence-electron chi connectivity index (χ2n) is 10.5. The monoisotopic (exact) mass is 498 g/mol. The van der Waals surface area contributed by atoms with Crippen molar-refractivity contribution < 1.29 is 9.18 Å². The highest BCUT2D eigenvalue weighted by Crippen LogP contribution is 2.34. The summed E-state index contributed by atoms with van der Waals surface area (Å²) in [6.45, 7) is 5.54. The number of benzene rings is 2. The van der Waals surface area contributed by atoms with Crippen molar-refractivity contribution in [3.8, 4) is 22.5 Å². The normalized spacial score (nSPS) is 17.6. The maximum absolute atomic E-state index is 15.7. The van der Waals surface area contributed by atoms with E-state index in [4.69, 9.17) is 4.98 Å². The maximum Gasteiger partial charge on any atom is 0.257 e.